The van der Waals surface area contributed by atoms with Crippen LogP contribution in [0.25, 0.3) is 0 Å². The SMILES string of the molecule is COC(=O)Cc1ccc(NC(=O)C2CNCc3cc(Cl)ccc32)cc1. The number of esters is 1. The van der Waals surface area contributed by atoms with Gasteiger partial charge in [-0.2, -0.15) is 0 Å². The van der Waals surface area contributed by atoms with Crippen LogP contribution in [0.5, 0.6) is 0 Å². The number of carbonyl (C=O) groups is 2. The number of carbonyl (C=O) groups excluding carboxylic acids is 2. The van der Waals surface area contributed by atoms with Crippen LogP contribution in [0.15, 0.2) is 42.5 Å². The Bertz CT molecular complexity index is 790. The molecule has 1 unspecified atom stereocenters. The predicted molar refractivity (Wildman–Crippen MR) is 96.7 cm³/mol. The van der Waals surface area contributed by atoms with Crippen molar-refractivity contribution in [2.24, 2.45) is 0 Å². The van der Waals surface area contributed by atoms with Gasteiger partial charge < -0.3 is 15.4 Å². The minimum atomic E-state index is -0.291. The third-order valence-corrected chi connectivity index (χ3v) is 4.49. The molecule has 0 aromatic heterocycles. The molecule has 2 aromatic rings. The molecule has 0 saturated heterocycles. The van der Waals surface area contributed by atoms with E-state index < -0.39 is 0 Å². The molecule has 0 spiro atoms. The van der Waals surface area contributed by atoms with Crippen LogP contribution in [0.4, 0.5) is 5.69 Å². The number of rotatable bonds is 4. The smallest absolute Gasteiger partial charge is 0.309 e. The summed E-state index contributed by atoms with van der Waals surface area (Å²) in [6, 6.07) is 12.8. The molecular weight excluding hydrogens is 340 g/mol. The molecule has 1 aliphatic heterocycles. The number of methoxy groups -OCH3 is 1. The number of ether oxygens (including phenoxy) is 1. The van der Waals surface area contributed by atoms with Gasteiger partial charge in [-0.05, 0) is 41.0 Å². The highest BCUT2D eigenvalue weighted by atomic mass is 35.5. The van der Waals surface area contributed by atoms with Crippen molar-refractivity contribution in [3.05, 3.63) is 64.2 Å². The number of hydrogen-bond donors (Lipinski definition) is 2. The summed E-state index contributed by atoms with van der Waals surface area (Å²) in [7, 11) is 1.36. The highest BCUT2D eigenvalue weighted by Crippen LogP contribution is 2.27. The number of anilines is 1. The van der Waals surface area contributed by atoms with E-state index in [9.17, 15) is 9.59 Å². The lowest BCUT2D eigenvalue weighted by molar-refractivity contribution is -0.139. The predicted octanol–water partition coefficient (Wildman–Crippen LogP) is 2.88. The Morgan fingerprint density at radius 1 is 1.24 bits per heavy atom. The minimum Gasteiger partial charge on any atom is -0.469 e. The molecule has 3 rings (SSSR count). The zero-order valence-electron chi connectivity index (χ0n) is 13.8. The molecule has 0 radical (unpaired) electrons. The van der Waals surface area contributed by atoms with Crippen LogP contribution in [-0.4, -0.2) is 25.5 Å². The molecule has 0 fully saturated rings. The Labute approximate surface area is 151 Å². The van der Waals surface area contributed by atoms with E-state index in [-0.39, 0.29) is 24.2 Å². The van der Waals surface area contributed by atoms with Crippen molar-refractivity contribution in [2.75, 3.05) is 19.0 Å². The Hall–Kier alpha value is -2.37. The minimum absolute atomic E-state index is 0.0727. The van der Waals surface area contributed by atoms with Crippen LogP contribution in [-0.2, 0) is 27.3 Å². The quantitative estimate of drug-likeness (QED) is 0.825. The van der Waals surface area contributed by atoms with Gasteiger partial charge in [0.2, 0.25) is 5.91 Å². The van der Waals surface area contributed by atoms with Gasteiger partial charge in [0.25, 0.3) is 0 Å². The van der Waals surface area contributed by atoms with Crippen LogP contribution in [0.1, 0.15) is 22.6 Å². The fourth-order valence-corrected chi connectivity index (χ4v) is 3.13. The van der Waals surface area contributed by atoms with E-state index in [1.807, 2.05) is 18.2 Å². The lowest BCUT2D eigenvalue weighted by Crippen LogP contribution is -2.35. The topological polar surface area (TPSA) is 67.4 Å². The largest absolute Gasteiger partial charge is 0.469 e. The van der Waals surface area contributed by atoms with E-state index in [2.05, 4.69) is 15.4 Å². The fourth-order valence-electron chi connectivity index (χ4n) is 2.94. The molecule has 130 valence electrons. The Morgan fingerprint density at radius 2 is 2.00 bits per heavy atom. The zero-order chi connectivity index (χ0) is 17.8. The van der Waals surface area contributed by atoms with Gasteiger partial charge >= 0.3 is 5.97 Å². The molecule has 0 saturated carbocycles. The number of hydrogen-bond acceptors (Lipinski definition) is 4. The summed E-state index contributed by atoms with van der Waals surface area (Å²) in [5.41, 5.74) is 3.58. The van der Waals surface area contributed by atoms with Crippen LogP contribution in [0.3, 0.4) is 0 Å². The number of benzene rings is 2. The molecule has 5 nitrogen and oxygen atoms in total. The molecule has 6 heteroatoms. The van der Waals surface area contributed by atoms with Crippen LogP contribution >= 0.6 is 11.6 Å². The van der Waals surface area contributed by atoms with Crippen LogP contribution in [0.2, 0.25) is 5.02 Å². The summed E-state index contributed by atoms with van der Waals surface area (Å²) >= 11 is 6.03. The van der Waals surface area contributed by atoms with Gasteiger partial charge in [-0.3, -0.25) is 9.59 Å². The van der Waals surface area contributed by atoms with E-state index in [4.69, 9.17) is 11.6 Å². The first-order valence-electron chi connectivity index (χ1n) is 8.02. The molecule has 1 atom stereocenters. The molecular formula is C19H19ClN2O3. The lowest BCUT2D eigenvalue weighted by Gasteiger charge is -2.25. The van der Waals surface area contributed by atoms with E-state index in [1.54, 1.807) is 24.3 Å². The van der Waals surface area contributed by atoms with Crippen molar-refractivity contribution >= 4 is 29.2 Å². The third-order valence-electron chi connectivity index (χ3n) is 4.26. The van der Waals surface area contributed by atoms with Crippen molar-refractivity contribution in [3.8, 4) is 0 Å². The molecule has 2 aromatic carbocycles. The lowest BCUT2D eigenvalue weighted by atomic mass is 9.90. The van der Waals surface area contributed by atoms with Gasteiger partial charge in [0, 0.05) is 23.8 Å². The van der Waals surface area contributed by atoms with Gasteiger partial charge in [-0.1, -0.05) is 29.8 Å². The first-order valence-corrected chi connectivity index (χ1v) is 8.40. The van der Waals surface area contributed by atoms with Crippen molar-refractivity contribution in [1.82, 2.24) is 5.32 Å². The standard InChI is InChI=1S/C19H19ClN2O3/c1-25-18(23)8-12-2-5-15(6-3-12)22-19(24)17-11-21-10-13-9-14(20)4-7-16(13)17/h2-7,9,17,21H,8,10-11H2,1H3,(H,22,24). The van der Waals surface area contributed by atoms with Crippen molar-refractivity contribution in [2.45, 2.75) is 18.9 Å². The normalized spacial score (nSPS) is 16.0. The van der Waals surface area contributed by atoms with Crippen molar-refractivity contribution < 1.29 is 14.3 Å². The maximum Gasteiger partial charge on any atom is 0.309 e. The summed E-state index contributed by atoms with van der Waals surface area (Å²) in [5, 5.41) is 6.85. The van der Waals surface area contributed by atoms with E-state index >= 15 is 0 Å². The van der Waals surface area contributed by atoms with E-state index in [0.29, 0.717) is 23.8 Å². The van der Waals surface area contributed by atoms with Crippen molar-refractivity contribution in [3.63, 3.8) is 0 Å². The maximum atomic E-state index is 12.7. The Kier molecular flexibility index (Phi) is 5.36. The fraction of sp³-hybridized carbons (Fsp3) is 0.263. The first kappa shape index (κ1) is 17.5. The number of fused-ring (bicyclic) bond motifs is 1. The van der Waals surface area contributed by atoms with Crippen LogP contribution < -0.4 is 10.6 Å². The second-order valence-electron chi connectivity index (χ2n) is 5.97. The Balaban J connectivity index is 1.70. The first-order chi connectivity index (χ1) is 12.1. The second kappa shape index (κ2) is 7.68. The average Bonchev–Trinajstić information content (AvgIpc) is 2.62. The number of nitrogens with one attached hydrogen (secondary N) is 2. The van der Waals surface area contributed by atoms with Gasteiger partial charge in [-0.25, -0.2) is 0 Å². The maximum absolute atomic E-state index is 12.7. The molecule has 1 aliphatic rings. The zero-order valence-corrected chi connectivity index (χ0v) is 14.6. The summed E-state index contributed by atoms with van der Waals surface area (Å²) < 4.78 is 4.64. The molecule has 0 bridgehead atoms. The number of amides is 1. The van der Waals surface area contributed by atoms with E-state index in [1.165, 1.54) is 7.11 Å². The molecule has 1 amide bonds. The third kappa shape index (κ3) is 4.18. The summed E-state index contributed by atoms with van der Waals surface area (Å²) in [6.45, 7) is 1.29. The highest BCUT2D eigenvalue weighted by Gasteiger charge is 2.26. The Morgan fingerprint density at radius 3 is 2.72 bits per heavy atom. The van der Waals surface area contributed by atoms with Gasteiger partial charge in [0.15, 0.2) is 0 Å². The van der Waals surface area contributed by atoms with Gasteiger partial charge in [-0.15, -0.1) is 0 Å². The number of halogens is 1. The van der Waals surface area contributed by atoms with Gasteiger partial charge in [0.1, 0.15) is 0 Å². The van der Waals surface area contributed by atoms with E-state index in [0.717, 1.165) is 16.7 Å². The summed E-state index contributed by atoms with van der Waals surface area (Å²) in [6.07, 6.45) is 0.214. The second-order valence-corrected chi connectivity index (χ2v) is 6.40. The van der Waals surface area contributed by atoms with Gasteiger partial charge in [0.05, 0.1) is 19.4 Å². The molecule has 0 aliphatic carbocycles. The van der Waals surface area contributed by atoms with Crippen LogP contribution in [0, 0.1) is 0 Å². The summed E-state index contributed by atoms with van der Waals surface area (Å²) in [4.78, 5) is 23.9. The average molecular weight is 359 g/mol. The molecule has 2 N–H and O–H groups in total. The highest BCUT2D eigenvalue weighted by molar-refractivity contribution is 6.30. The molecule has 25 heavy (non-hydrogen) atoms. The summed E-state index contributed by atoms with van der Waals surface area (Å²) in [5.74, 6) is -0.632. The van der Waals surface area contributed by atoms with Crippen molar-refractivity contribution in [1.29, 1.82) is 0 Å². The monoisotopic (exact) mass is 358 g/mol. The molecule has 1 heterocycles.